The third-order valence-corrected chi connectivity index (χ3v) is 14.1. The molecule has 0 radical (unpaired) electrons. The van der Waals surface area contributed by atoms with Crippen LogP contribution in [0.1, 0.15) is 86.1 Å². The molecule has 0 saturated heterocycles. The summed E-state index contributed by atoms with van der Waals surface area (Å²) in [6, 6.07) is 51.2. The van der Waals surface area contributed by atoms with Gasteiger partial charge in [-0.1, -0.05) is 139 Å². The van der Waals surface area contributed by atoms with E-state index in [1.807, 2.05) is 0 Å². The first-order valence-electron chi connectivity index (χ1n) is 20.0. The maximum absolute atomic E-state index is 2.59. The Morgan fingerprint density at radius 2 is 0.636 bits per heavy atom. The molecule has 0 bridgehead atoms. The van der Waals surface area contributed by atoms with Gasteiger partial charge in [-0.3, -0.25) is 0 Å². The van der Waals surface area contributed by atoms with Crippen LogP contribution in [0.5, 0.6) is 0 Å². The van der Waals surface area contributed by atoms with Crippen LogP contribution in [0.4, 0.5) is 0 Å². The summed E-state index contributed by atoms with van der Waals surface area (Å²) in [5, 5.41) is 5.47. The molecule has 55 heavy (non-hydrogen) atoms. The standard InChI is InChI=1S/C55H46/c1-31-17-15-23-35-49(31)37(33-19-11-9-12-20-33)25-47-51(35)41-29-43-39(27-45(41)54(47,5)6)40-28-46-42(30-44(40)53(43,3)4)52-36-24-16-18-32(2)50(36)38(26-48(52)55(46,7)8)34-21-13-10-14-22-34/h9-30H,1-8H3. The van der Waals surface area contributed by atoms with Crippen LogP contribution in [0.15, 0.2) is 133 Å². The lowest BCUT2D eigenvalue weighted by atomic mass is 9.78. The zero-order valence-corrected chi connectivity index (χ0v) is 33.2. The van der Waals surface area contributed by atoms with Crippen molar-refractivity contribution in [2.45, 2.75) is 71.6 Å². The van der Waals surface area contributed by atoms with Crippen molar-refractivity contribution in [1.29, 1.82) is 0 Å². The summed E-state index contributed by atoms with van der Waals surface area (Å²) in [5.74, 6) is 0. The lowest BCUT2D eigenvalue weighted by Crippen LogP contribution is -2.17. The van der Waals surface area contributed by atoms with Gasteiger partial charge in [-0.15, -0.1) is 0 Å². The van der Waals surface area contributed by atoms with Crippen molar-refractivity contribution in [3.63, 3.8) is 0 Å². The minimum atomic E-state index is -0.153. The summed E-state index contributed by atoms with van der Waals surface area (Å²) in [6.07, 6.45) is 0. The van der Waals surface area contributed by atoms with E-state index in [2.05, 4.69) is 189 Å². The minimum absolute atomic E-state index is 0.148. The quantitative estimate of drug-likeness (QED) is 0.168. The molecule has 0 amide bonds. The predicted octanol–water partition coefficient (Wildman–Crippen LogP) is 14.9. The van der Waals surface area contributed by atoms with Gasteiger partial charge in [0.1, 0.15) is 0 Å². The summed E-state index contributed by atoms with van der Waals surface area (Å²) in [6.45, 7) is 19.2. The number of benzene rings is 8. The van der Waals surface area contributed by atoms with Gasteiger partial charge in [-0.05, 0) is 172 Å². The molecule has 8 aromatic rings. The highest BCUT2D eigenvalue weighted by atomic mass is 14.5. The van der Waals surface area contributed by atoms with Crippen LogP contribution < -0.4 is 0 Å². The Labute approximate surface area is 325 Å². The fourth-order valence-corrected chi connectivity index (χ4v) is 11.2. The molecule has 0 spiro atoms. The number of hydrogen-bond donors (Lipinski definition) is 0. The molecule has 0 fully saturated rings. The monoisotopic (exact) mass is 706 g/mol. The Hall–Kier alpha value is -5.72. The Morgan fingerprint density at radius 3 is 1.04 bits per heavy atom. The molecule has 0 nitrogen and oxygen atoms in total. The molecular formula is C55H46. The Morgan fingerprint density at radius 1 is 0.309 bits per heavy atom. The number of rotatable bonds is 2. The van der Waals surface area contributed by atoms with Crippen molar-refractivity contribution in [1.82, 2.24) is 0 Å². The highest BCUT2D eigenvalue weighted by Crippen LogP contribution is 2.61. The third-order valence-electron chi connectivity index (χ3n) is 14.1. The normalized spacial score (nSPS) is 16.1. The molecule has 11 rings (SSSR count). The Kier molecular flexibility index (Phi) is 6.38. The van der Waals surface area contributed by atoms with Crippen LogP contribution >= 0.6 is 0 Å². The van der Waals surface area contributed by atoms with Gasteiger partial charge in [-0.25, -0.2) is 0 Å². The molecule has 3 aliphatic carbocycles. The molecule has 0 heterocycles. The average Bonchev–Trinajstić information content (AvgIpc) is 3.65. The van der Waals surface area contributed by atoms with E-state index < -0.39 is 0 Å². The third kappa shape index (κ3) is 4.13. The van der Waals surface area contributed by atoms with Crippen LogP contribution in [0, 0.1) is 13.8 Å². The topological polar surface area (TPSA) is 0 Å². The van der Waals surface area contributed by atoms with Gasteiger partial charge < -0.3 is 0 Å². The van der Waals surface area contributed by atoms with Crippen molar-refractivity contribution in [3.05, 3.63) is 178 Å². The highest BCUT2D eigenvalue weighted by molar-refractivity contribution is 6.12. The van der Waals surface area contributed by atoms with Crippen LogP contribution in [-0.2, 0) is 16.2 Å². The Balaban J connectivity index is 1.15. The van der Waals surface area contributed by atoms with Crippen LogP contribution in [0.25, 0.3) is 77.2 Å². The summed E-state index contributed by atoms with van der Waals surface area (Å²) < 4.78 is 0. The van der Waals surface area contributed by atoms with Crippen LogP contribution in [0.2, 0.25) is 0 Å². The lowest BCUT2D eigenvalue weighted by Gasteiger charge is -2.25. The molecule has 0 saturated carbocycles. The second kappa shape index (κ2) is 10.7. The van der Waals surface area contributed by atoms with E-state index >= 15 is 0 Å². The van der Waals surface area contributed by atoms with Crippen molar-refractivity contribution in [3.8, 4) is 55.6 Å². The van der Waals surface area contributed by atoms with Gasteiger partial charge in [0.15, 0.2) is 0 Å². The number of hydrogen-bond acceptors (Lipinski definition) is 0. The minimum Gasteiger partial charge on any atom is -0.0622 e. The van der Waals surface area contributed by atoms with Gasteiger partial charge in [0.05, 0.1) is 0 Å². The van der Waals surface area contributed by atoms with Gasteiger partial charge >= 0.3 is 0 Å². The van der Waals surface area contributed by atoms with Gasteiger partial charge in [0, 0.05) is 16.2 Å². The van der Waals surface area contributed by atoms with E-state index in [-0.39, 0.29) is 16.2 Å². The summed E-state index contributed by atoms with van der Waals surface area (Å²) in [5.41, 5.74) is 24.5. The first kappa shape index (κ1) is 32.7. The second-order valence-corrected chi connectivity index (χ2v) is 18.2. The molecule has 266 valence electrons. The van der Waals surface area contributed by atoms with E-state index in [4.69, 9.17) is 0 Å². The molecule has 3 aliphatic rings. The van der Waals surface area contributed by atoms with Crippen LogP contribution in [-0.4, -0.2) is 0 Å². The summed E-state index contributed by atoms with van der Waals surface area (Å²) >= 11 is 0. The van der Waals surface area contributed by atoms with Gasteiger partial charge in [-0.2, -0.15) is 0 Å². The van der Waals surface area contributed by atoms with Crippen molar-refractivity contribution in [2.75, 3.05) is 0 Å². The second-order valence-electron chi connectivity index (χ2n) is 18.2. The van der Waals surface area contributed by atoms with Gasteiger partial charge in [0.25, 0.3) is 0 Å². The lowest BCUT2D eigenvalue weighted by molar-refractivity contribution is 0.649. The Bertz CT molecular complexity index is 2780. The van der Waals surface area contributed by atoms with Crippen molar-refractivity contribution >= 4 is 21.5 Å². The highest BCUT2D eigenvalue weighted by Gasteiger charge is 2.45. The smallest absolute Gasteiger partial charge is 0.0159 e. The van der Waals surface area contributed by atoms with Crippen molar-refractivity contribution in [2.24, 2.45) is 0 Å². The van der Waals surface area contributed by atoms with Crippen LogP contribution in [0.3, 0.4) is 0 Å². The van der Waals surface area contributed by atoms with Crippen molar-refractivity contribution < 1.29 is 0 Å². The number of fused-ring (bicyclic) bond motifs is 13. The first-order chi connectivity index (χ1) is 26.4. The van der Waals surface area contributed by atoms with E-state index in [1.165, 1.54) is 122 Å². The maximum Gasteiger partial charge on any atom is 0.0159 e. The van der Waals surface area contributed by atoms with E-state index in [0.717, 1.165) is 0 Å². The molecule has 0 aromatic heterocycles. The molecule has 0 N–H and O–H groups in total. The molecule has 0 unspecified atom stereocenters. The zero-order valence-electron chi connectivity index (χ0n) is 33.2. The molecular weight excluding hydrogens is 661 g/mol. The van der Waals surface area contributed by atoms with Gasteiger partial charge in [0.2, 0.25) is 0 Å². The maximum atomic E-state index is 2.59. The molecule has 0 aliphatic heterocycles. The zero-order chi connectivity index (χ0) is 37.8. The average molecular weight is 707 g/mol. The summed E-state index contributed by atoms with van der Waals surface area (Å²) in [7, 11) is 0. The SMILES string of the molecule is Cc1cccc2c3c(cc(-c4ccccc4)c12)C(C)(C)c1cc2c(cc1-3)C(C)(C)c1cc3c(cc1-2)C(C)(C)c1cc(-c2ccccc2)c2c(C)cccc2c1-3. The first-order valence-corrected chi connectivity index (χ1v) is 20.0. The number of aryl methyl sites for hydroxylation is 2. The molecule has 0 heteroatoms. The van der Waals surface area contributed by atoms with E-state index in [1.54, 1.807) is 0 Å². The molecule has 0 atom stereocenters. The predicted molar refractivity (Wildman–Crippen MR) is 234 cm³/mol. The van der Waals surface area contributed by atoms with E-state index in [9.17, 15) is 0 Å². The fourth-order valence-electron chi connectivity index (χ4n) is 11.2. The van der Waals surface area contributed by atoms with E-state index in [0.29, 0.717) is 0 Å². The summed E-state index contributed by atoms with van der Waals surface area (Å²) in [4.78, 5) is 0. The molecule has 8 aromatic carbocycles. The largest absolute Gasteiger partial charge is 0.0622 e. The fraction of sp³-hybridized carbons (Fsp3) is 0.200.